The monoisotopic (exact) mass is 188 g/mol. The highest BCUT2D eigenvalue weighted by atomic mass is 16.4. The summed E-state index contributed by atoms with van der Waals surface area (Å²) in [5.41, 5.74) is 10.0. The summed E-state index contributed by atoms with van der Waals surface area (Å²) in [6.45, 7) is 0. The number of hydrogen-bond acceptors (Lipinski definition) is 3. The van der Waals surface area contributed by atoms with Crippen LogP contribution in [0.1, 0.15) is 24.0 Å². The second-order valence-corrected chi connectivity index (χ2v) is 3.85. The molecular weight excluding hydrogens is 176 g/mol. The molecule has 0 saturated heterocycles. The second-order valence-electron chi connectivity index (χ2n) is 3.85. The van der Waals surface area contributed by atoms with Crippen molar-refractivity contribution in [1.29, 1.82) is 0 Å². The van der Waals surface area contributed by atoms with E-state index in [4.69, 9.17) is 10.2 Å². The van der Waals surface area contributed by atoms with Crippen molar-refractivity contribution in [3.63, 3.8) is 0 Å². The van der Waals surface area contributed by atoms with Gasteiger partial charge in [-0.3, -0.25) is 0 Å². The minimum atomic E-state index is 0.266. The van der Waals surface area contributed by atoms with Crippen molar-refractivity contribution in [3.05, 3.63) is 23.3 Å². The lowest BCUT2D eigenvalue weighted by atomic mass is 9.91. The quantitative estimate of drug-likeness (QED) is 0.690. The number of hydrogen-bond donors (Lipinski definition) is 1. The van der Waals surface area contributed by atoms with Crippen molar-refractivity contribution in [2.75, 3.05) is 5.73 Å². The summed E-state index contributed by atoms with van der Waals surface area (Å²) in [5.74, 6) is 0. The third-order valence-corrected chi connectivity index (χ3v) is 2.87. The standard InChI is InChI=1S/C11H12N2O/c12-11-13-9-5-7-3-1-2-4-8(7)6-10(9)14-11/h5-6H,1-4H2,(H2,12,13). The Morgan fingerprint density at radius 3 is 2.64 bits per heavy atom. The number of nitrogens with two attached hydrogens (primary N) is 1. The fraction of sp³-hybridized carbons (Fsp3) is 0.364. The summed E-state index contributed by atoms with van der Waals surface area (Å²) in [6.07, 6.45) is 4.89. The molecule has 1 heterocycles. The summed E-state index contributed by atoms with van der Waals surface area (Å²) in [4.78, 5) is 4.13. The summed E-state index contributed by atoms with van der Waals surface area (Å²) in [6, 6.07) is 4.47. The van der Waals surface area contributed by atoms with Crippen molar-refractivity contribution >= 4 is 17.1 Å². The van der Waals surface area contributed by atoms with E-state index in [-0.39, 0.29) is 6.01 Å². The Balaban J connectivity index is 2.26. The molecule has 0 aliphatic heterocycles. The van der Waals surface area contributed by atoms with Gasteiger partial charge in [0.25, 0.3) is 6.01 Å². The van der Waals surface area contributed by atoms with E-state index in [0.717, 1.165) is 23.9 Å². The van der Waals surface area contributed by atoms with E-state index in [0.29, 0.717) is 0 Å². The molecule has 3 rings (SSSR count). The van der Waals surface area contributed by atoms with Gasteiger partial charge < -0.3 is 10.2 Å². The van der Waals surface area contributed by atoms with Gasteiger partial charge in [-0.05, 0) is 48.9 Å². The van der Waals surface area contributed by atoms with E-state index in [1.54, 1.807) is 0 Å². The Morgan fingerprint density at radius 1 is 1.14 bits per heavy atom. The third kappa shape index (κ3) is 1.09. The smallest absolute Gasteiger partial charge is 0.292 e. The first-order valence-corrected chi connectivity index (χ1v) is 5.01. The van der Waals surface area contributed by atoms with Gasteiger partial charge in [-0.25, -0.2) is 0 Å². The Bertz CT molecular complexity index is 444. The molecule has 0 unspecified atom stereocenters. The Kier molecular flexibility index (Phi) is 1.54. The lowest BCUT2D eigenvalue weighted by Gasteiger charge is -2.14. The predicted molar refractivity (Wildman–Crippen MR) is 55.1 cm³/mol. The van der Waals surface area contributed by atoms with Crippen molar-refractivity contribution in [2.45, 2.75) is 25.7 Å². The molecule has 14 heavy (non-hydrogen) atoms. The zero-order chi connectivity index (χ0) is 9.54. The van der Waals surface area contributed by atoms with Crippen molar-refractivity contribution in [3.8, 4) is 0 Å². The molecule has 72 valence electrons. The van der Waals surface area contributed by atoms with Gasteiger partial charge in [0.15, 0.2) is 5.58 Å². The van der Waals surface area contributed by atoms with Crippen LogP contribution in [0.25, 0.3) is 11.1 Å². The average Bonchev–Trinajstić information content (AvgIpc) is 2.53. The van der Waals surface area contributed by atoms with Gasteiger partial charge in [0.05, 0.1) is 0 Å². The van der Waals surface area contributed by atoms with Crippen molar-refractivity contribution in [2.24, 2.45) is 0 Å². The van der Waals surface area contributed by atoms with Crippen LogP contribution >= 0.6 is 0 Å². The minimum Gasteiger partial charge on any atom is -0.424 e. The van der Waals surface area contributed by atoms with Gasteiger partial charge in [-0.1, -0.05) is 0 Å². The number of fused-ring (bicyclic) bond motifs is 2. The number of rotatable bonds is 0. The van der Waals surface area contributed by atoms with Crippen LogP contribution in [0.15, 0.2) is 16.5 Å². The first-order chi connectivity index (χ1) is 6.83. The zero-order valence-electron chi connectivity index (χ0n) is 7.92. The van der Waals surface area contributed by atoms with Crippen LogP contribution < -0.4 is 5.73 Å². The normalized spacial score (nSPS) is 15.7. The van der Waals surface area contributed by atoms with E-state index in [9.17, 15) is 0 Å². The molecule has 3 heteroatoms. The molecule has 1 aliphatic rings. The van der Waals surface area contributed by atoms with Crippen LogP contribution in [-0.2, 0) is 12.8 Å². The number of nitrogens with zero attached hydrogens (tertiary/aromatic N) is 1. The van der Waals surface area contributed by atoms with Crippen molar-refractivity contribution in [1.82, 2.24) is 4.98 Å². The average molecular weight is 188 g/mol. The summed E-state index contributed by atoms with van der Waals surface area (Å²) >= 11 is 0. The number of nitrogen functional groups attached to an aromatic ring is 1. The summed E-state index contributed by atoms with van der Waals surface area (Å²) in [5, 5.41) is 0. The number of aromatic nitrogens is 1. The topological polar surface area (TPSA) is 52.0 Å². The number of anilines is 1. The molecule has 0 fully saturated rings. The molecule has 1 aromatic heterocycles. The van der Waals surface area contributed by atoms with Gasteiger partial charge in [-0.15, -0.1) is 0 Å². The fourth-order valence-electron chi connectivity index (χ4n) is 2.17. The van der Waals surface area contributed by atoms with E-state index in [1.165, 1.54) is 24.0 Å². The van der Waals surface area contributed by atoms with Gasteiger partial charge in [0.1, 0.15) is 5.52 Å². The molecule has 0 saturated carbocycles. The molecule has 2 N–H and O–H groups in total. The highest BCUT2D eigenvalue weighted by Gasteiger charge is 2.12. The van der Waals surface area contributed by atoms with E-state index < -0.39 is 0 Å². The highest BCUT2D eigenvalue weighted by Crippen LogP contribution is 2.27. The largest absolute Gasteiger partial charge is 0.424 e. The van der Waals surface area contributed by atoms with E-state index in [2.05, 4.69) is 17.1 Å². The molecule has 1 aromatic carbocycles. The lowest BCUT2D eigenvalue weighted by Crippen LogP contribution is -2.01. The number of oxazole rings is 1. The molecule has 0 radical (unpaired) electrons. The van der Waals surface area contributed by atoms with E-state index >= 15 is 0 Å². The second kappa shape index (κ2) is 2.74. The van der Waals surface area contributed by atoms with Crippen LogP contribution in [0.3, 0.4) is 0 Å². The maximum Gasteiger partial charge on any atom is 0.292 e. The third-order valence-electron chi connectivity index (χ3n) is 2.87. The molecule has 0 amide bonds. The molecule has 2 aromatic rings. The summed E-state index contributed by atoms with van der Waals surface area (Å²) in [7, 11) is 0. The molecule has 0 atom stereocenters. The molecule has 1 aliphatic carbocycles. The molecule has 3 nitrogen and oxygen atoms in total. The van der Waals surface area contributed by atoms with Crippen LogP contribution in [0.5, 0.6) is 0 Å². The number of aryl methyl sites for hydroxylation is 2. The summed E-state index contributed by atoms with van der Waals surface area (Å²) < 4.78 is 5.30. The first kappa shape index (κ1) is 7.85. The first-order valence-electron chi connectivity index (χ1n) is 5.01. The number of benzene rings is 1. The Hall–Kier alpha value is -1.51. The predicted octanol–water partition coefficient (Wildman–Crippen LogP) is 2.29. The van der Waals surface area contributed by atoms with Crippen LogP contribution in [0.2, 0.25) is 0 Å². The zero-order valence-corrected chi connectivity index (χ0v) is 7.92. The fourth-order valence-corrected chi connectivity index (χ4v) is 2.17. The van der Waals surface area contributed by atoms with Crippen molar-refractivity contribution < 1.29 is 4.42 Å². The lowest BCUT2D eigenvalue weighted by molar-refractivity contribution is 0.623. The van der Waals surface area contributed by atoms with Gasteiger partial charge in [0.2, 0.25) is 0 Å². The maximum absolute atomic E-state index is 5.51. The Labute approximate surface area is 81.9 Å². The van der Waals surface area contributed by atoms with Crippen LogP contribution in [0.4, 0.5) is 6.01 Å². The maximum atomic E-state index is 5.51. The Morgan fingerprint density at radius 2 is 1.86 bits per heavy atom. The molecular formula is C11H12N2O. The SMILES string of the molecule is Nc1nc2cc3c(cc2o1)CCCC3. The van der Waals surface area contributed by atoms with Gasteiger partial charge >= 0.3 is 0 Å². The highest BCUT2D eigenvalue weighted by molar-refractivity contribution is 5.76. The minimum absolute atomic E-state index is 0.266. The van der Waals surface area contributed by atoms with E-state index in [1.807, 2.05) is 0 Å². The van der Waals surface area contributed by atoms with Gasteiger partial charge in [-0.2, -0.15) is 4.98 Å². The molecule has 0 spiro atoms. The van der Waals surface area contributed by atoms with Crippen LogP contribution in [-0.4, -0.2) is 4.98 Å². The van der Waals surface area contributed by atoms with Crippen LogP contribution in [0, 0.1) is 0 Å². The van der Waals surface area contributed by atoms with Gasteiger partial charge in [0, 0.05) is 0 Å². The molecule has 0 bridgehead atoms.